The fraction of sp³-hybridized carbons (Fsp3) is 0.611. The van der Waals surface area contributed by atoms with Crippen LogP contribution in [0.25, 0.3) is 0 Å². The molecule has 1 aromatic heterocycles. The Labute approximate surface area is 148 Å². The van der Waals surface area contributed by atoms with Crippen molar-refractivity contribution in [2.45, 2.75) is 51.7 Å². The summed E-state index contributed by atoms with van der Waals surface area (Å²) in [6.45, 7) is 6.51. The molecule has 0 spiro atoms. The smallest absolute Gasteiger partial charge is 0.407 e. The number of carbonyl (C=O) groups excluding carboxylic acids is 2. The lowest BCUT2D eigenvalue weighted by Gasteiger charge is -2.36. The summed E-state index contributed by atoms with van der Waals surface area (Å²) < 4.78 is 10.3. The second-order valence-corrected chi connectivity index (χ2v) is 7.12. The first-order chi connectivity index (χ1) is 11.8. The van der Waals surface area contributed by atoms with E-state index in [4.69, 9.17) is 9.47 Å². The van der Waals surface area contributed by atoms with Gasteiger partial charge in [0.15, 0.2) is 0 Å². The molecule has 1 fully saturated rings. The number of likely N-dealkylation sites (tertiary alicyclic amines) is 1. The topological polar surface area (TPSA) is 80.8 Å². The molecule has 1 aliphatic heterocycles. The van der Waals surface area contributed by atoms with Crippen LogP contribution in [-0.2, 0) is 4.74 Å². The van der Waals surface area contributed by atoms with Gasteiger partial charge in [-0.25, -0.2) is 9.78 Å². The maximum Gasteiger partial charge on any atom is 0.407 e. The molecule has 1 aliphatic rings. The Morgan fingerprint density at radius 2 is 2.08 bits per heavy atom. The third kappa shape index (κ3) is 5.62. The van der Waals surface area contributed by atoms with Crippen LogP contribution in [0.15, 0.2) is 18.3 Å². The first-order valence-electron chi connectivity index (χ1n) is 8.58. The van der Waals surface area contributed by atoms with E-state index in [0.29, 0.717) is 24.5 Å². The van der Waals surface area contributed by atoms with Crippen molar-refractivity contribution < 1.29 is 19.1 Å². The molecule has 1 unspecified atom stereocenters. The summed E-state index contributed by atoms with van der Waals surface area (Å²) in [6, 6.07) is 3.34. The minimum atomic E-state index is -0.541. The number of carbonyl (C=O) groups is 2. The molecule has 1 aromatic rings. The van der Waals surface area contributed by atoms with E-state index in [9.17, 15) is 9.59 Å². The van der Waals surface area contributed by atoms with Gasteiger partial charge < -0.3 is 19.7 Å². The molecule has 0 bridgehead atoms. The summed E-state index contributed by atoms with van der Waals surface area (Å²) in [7, 11) is 1.53. The number of alkyl carbamates (subject to hydrolysis) is 1. The highest BCUT2D eigenvalue weighted by molar-refractivity contribution is 5.94. The lowest BCUT2D eigenvalue weighted by molar-refractivity contribution is 0.0462. The monoisotopic (exact) mass is 349 g/mol. The van der Waals surface area contributed by atoms with Crippen molar-refractivity contribution in [3.8, 4) is 5.88 Å². The maximum atomic E-state index is 12.8. The van der Waals surface area contributed by atoms with Gasteiger partial charge >= 0.3 is 6.09 Å². The van der Waals surface area contributed by atoms with E-state index in [1.807, 2.05) is 25.7 Å². The van der Waals surface area contributed by atoms with Gasteiger partial charge in [0.2, 0.25) is 5.88 Å². The zero-order chi connectivity index (χ0) is 18.4. The number of hydrogen-bond donors (Lipinski definition) is 1. The minimum absolute atomic E-state index is 0.0455. The third-order valence-corrected chi connectivity index (χ3v) is 3.96. The SMILES string of the molecule is COc1ccc(C(=O)N2CCCCC2CNC(=O)OC(C)(C)C)cn1. The number of rotatable bonds is 4. The molecule has 0 aliphatic carbocycles. The quantitative estimate of drug-likeness (QED) is 0.904. The van der Waals surface area contributed by atoms with Gasteiger partial charge in [-0.2, -0.15) is 0 Å². The van der Waals surface area contributed by atoms with Crippen LogP contribution in [0.2, 0.25) is 0 Å². The van der Waals surface area contributed by atoms with Crippen LogP contribution in [0.5, 0.6) is 5.88 Å². The highest BCUT2D eigenvalue weighted by atomic mass is 16.6. The van der Waals surface area contributed by atoms with Crippen molar-refractivity contribution in [3.05, 3.63) is 23.9 Å². The predicted octanol–water partition coefficient (Wildman–Crippen LogP) is 2.61. The van der Waals surface area contributed by atoms with Gasteiger partial charge in [0.25, 0.3) is 5.91 Å². The largest absolute Gasteiger partial charge is 0.481 e. The average Bonchev–Trinajstić information content (AvgIpc) is 2.58. The standard InChI is InChI=1S/C18H27N3O4/c1-18(2,3)25-17(23)20-12-14-7-5-6-10-21(14)16(22)13-8-9-15(24-4)19-11-13/h8-9,11,14H,5-7,10,12H2,1-4H3,(H,20,23). The molecule has 2 heterocycles. The average molecular weight is 349 g/mol. The molecule has 1 N–H and O–H groups in total. The van der Waals surface area contributed by atoms with Crippen LogP contribution in [0, 0.1) is 0 Å². The highest BCUT2D eigenvalue weighted by Crippen LogP contribution is 2.20. The zero-order valence-corrected chi connectivity index (χ0v) is 15.4. The van der Waals surface area contributed by atoms with E-state index in [1.165, 1.54) is 13.3 Å². The number of methoxy groups -OCH3 is 1. The van der Waals surface area contributed by atoms with Crippen molar-refractivity contribution in [1.82, 2.24) is 15.2 Å². The molecule has 0 radical (unpaired) electrons. The molecule has 0 saturated carbocycles. The number of pyridine rings is 1. The van der Waals surface area contributed by atoms with Gasteiger partial charge in [-0.3, -0.25) is 4.79 Å². The minimum Gasteiger partial charge on any atom is -0.481 e. The van der Waals surface area contributed by atoms with Crippen LogP contribution in [0.3, 0.4) is 0 Å². The van der Waals surface area contributed by atoms with E-state index in [2.05, 4.69) is 10.3 Å². The molecule has 138 valence electrons. The van der Waals surface area contributed by atoms with E-state index >= 15 is 0 Å². The number of nitrogens with one attached hydrogen (secondary N) is 1. The molecule has 1 atom stereocenters. The first-order valence-corrected chi connectivity index (χ1v) is 8.58. The predicted molar refractivity (Wildman–Crippen MR) is 93.7 cm³/mol. The number of ether oxygens (including phenoxy) is 2. The number of piperidine rings is 1. The summed E-state index contributed by atoms with van der Waals surface area (Å²) in [5, 5.41) is 2.77. The number of hydrogen-bond acceptors (Lipinski definition) is 5. The molecular formula is C18H27N3O4. The van der Waals surface area contributed by atoms with Crippen molar-refractivity contribution in [2.24, 2.45) is 0 Å². The molecular weight excluding hydrogens is 322 g/mol. The summed E-state index contributed by atoms with van der Waals surface area (Å²) in [5.74, 6) is 0.393. The molecule has 2 amide bonds. The molecule has 7 heteroatoms. The molecule has 0 aromatic carbocycles. The van der Waals surface area contributed by atoms with Crippen molar-refractivity contribution in [1.29, 1.82) is 0 Å². The number of nitrogens with zero attached hydrogens (tertiary/aromatic N) is 2. The van der Waals surface area contributed by atoms with Crippen LogP contribution in [0.1, 0.15) is 50.4 Å². The van der Waals surface area contributed by atoms with Crippen LogP contribution in [0.4, 0.5) is 4.79 Å². The van der Waals surface area contributed by atoms with E-state index in [0.717, 1.165) is 19.3 Å². The van der Waals surface area contributed by atoms with Gasteiger partial charge in [-0.05, 0) is 46.1 Å². The Kier molecular flexibility index (Phi) is 6.22. The summed E-state index contributed by atoms with van der Waals surface area (Å²) in [4.78, 5) is 30.5. The highest BCUT2D eigenvalue weighted by Gasteiger charge is 2.28. The second kappa shape index (κ2) is 8.18. The van der Waals surface area contributed by atoms with Gasteiger partial charge in [-0.15, -0.1) is 0 Å². The number of aromatic nitrogens is 1. The summed E-state index contributed by atoms with van der Waals surface area (Å²) in [6.07, 6.45) is 3.90. The fourth-order valence-corrected chi connectivity index (χ4v) is 2.79. The summed E-state index contributed by atoms with van der Waals surface area (Å²) >= 11 is 0. The van der Waals surface area contributed by atoms with Crippen LogP contribution >= 0.6 is 0 Å². The van der Waals surface area contributed by atoms with Crippen molar-refractivity contribution in [2.75, 3.05) is 20.2 Å². The van der Waals surface area contributed by atoms with Crippen LogP contribution < -0.4 is 10.1 Å². The lowest BCUT2D eigenvalue weighted by atomic mass is 10.0. The summed E-state index contributed by atoms with van der Waals surface area (Å²) in [5.41, 5.74) is -0.0223. The Morgan fingerprint density at radius 3 is 2.68 bits per heavy atom. The molecule has 1 saturated heterocycles. The van der Waals surface area contributed by atoms with Gasteiger partial charge in [0.1, 0.15) is 5.60 Å². The fourth-order valence-electron chi connectivity index (χ4n) is 2.79. The first kappa shape index (κ1) is 19.0. The Morgan fingerprint density at radius 1 is 1.32 bits per heavy atom. The van der Waals surface area contributed by atoms with E-state index in [-0.39, 0.29) is 11.9 Å². The normalized spacial score (nSPS) is 17.8. The second-order valence-electron chi connectivity index (χ2n) is 7.12. The maximum absolute atomic E-state index is 12.8. The Balaban J connectivity index is 1.99. The van der Waals surface area contributed by atoms with Crippen LogP contribution in [-0.4, -0.2) is 53.7 Å². The van der Waals surface area contributed by atoms with E-state index in [1.54, 1.807) is 12.1 Å². The Hall–Kier alpha value is -2.31. The molecule has 25 heavy (non-hydrogen) atoms. The molecule has 2 rings (SSSR count). The third-order valence-electron chi connectivity index (χ3n) is 3.96. The van der Waals surface area contributed by atoms with Gasteiger partial charge in [0.05, 0.1) is 12.7 Å². The Bertz CT molecular complexity index is 595. The lowest BCUT2D eigenvalue weighted by Crippen LogP contribution is -2.50. The van der Waals surface area contributed by atoms with Crippen molar-refractivity contribution >= 4 is 12.0 Å². The molecule has 7 nitrogen and oxygen atoms in total. The van der Waals surface area contributed by atoms with Gasteiger partial charge in [-0.1, -0.05) is 0 Å². The zero-order valence-electron chi connectivity index (χ0n) is 15.4. The van der Waals surface area contributed by atoms with E-state index < -0.39 is 11.7 Å². The van der Waals surface area contributed by atoms with Crippen molar-refractivity contribution in [3.63, 3.8) is 0 Å². The van der Waals surface area contributed by atoms with Gasteiger partial charge in [0, 0.05) is 31.4 Å². The number of amides is 2.